The number of aromatic hydroxyl groups is 3. The Labute approximate surface area is 139 Å². The molecule has 1 amide bonds. The second-order valence-corrected chi connectivity index (χ2v) is 5.09. The number of methoxy groups -OCH3 is 1. The lowest BCUT2D eigenvalue weighted by molar-refractivity contribution is -0.116. The van der Waals surface area contributed by atoms with Gasteiger partial charge in [0.05, 0.1) is 7.11 Å². The van der Waals surface area contributed by atoms with Crippen LogP contribution in [0.25, 0.3) is 6.08 Å². The molecule has 2 aromatic rings. The van der Waals surface area contributed by atoms with Gasteiger partial charge in [0, 0.05) is 12.6 Å². The van der Waals surface area contributed by atoms with Gasteiger partial charge in [-0.1, -0.05) is 18.2 Å². The van der Waals surface area contributed by atoms with Crippen molar-refractivity contribution in [3.63, 3.8) is 0 Å². The van der Waals surface area contributed by atoms with E-state index in [-0.39, 0.29) is 28.9 Å². The van der Waals surface area contributed by atoms with Crippen molar-refractivity contribution in [3.8, 4) is 23.0 Å². The standard InChI is InChI=1S/C18H19NO5/c1-24-16-11-12(10-15(21)18(16)23)6-7-17(22)19-9-8-13-4-2-3-5-14(13)20/h2-7,10-11,20-21,23H,8-9H2,1H3,(H,19,22)/b7-6+. The van der Waals surface area contributed by atoms with Crippen molar-refractivity contribution < 1.29 is 24.9 Å². The summed E-state index contributed by atoms with van der Waals surface area (Å²) in [6, 6.07) is 9.78. The summed E-state index contributed by atoms with van der Waals surface area (Å²) in [4.78, 5) is 11.8. The monoisotopic (exact) mass is 329 g/mol. The predicted octanol–water partition coefficient (Wildman–Crippen LogP) is 2.18. The number of amides is 1. The molecule has 2 rings (SSSR count). The molecule has 0 atom stereocenters. The normalized spacial score (nSPS) is 10.7. The molecule has 0 bridgehead atoms. The van der Waals surface area contributed by atoms with E-state index in [0.29, 0.717) is 18.5 Å². The van der Waals surface area contributed by atoms with Crippen LogP contribution in [-0.4, -0.2) is 34.9 Å². The molecular formula is C18H19NO5. The number of benzene rings is 2. The van der Waals surface area contributed by atoms with Crippen molar-refractivity contribution in [3.05, 3.63) is 53.6 Å². The van der Waals surface area contributed by atoms with Crippen LogP contribution in [0.2, 0.25) is 0 Å². The molecule has 0 aliphatic carbocycles. The van der Waals surface area contributed by atoms with Crippen LogP contribution in [0.1, 0.15) is 11.1 Å². The minimum absolute atomic E-state index is 0.120. The highest BCUT2D eigenvalue weighted by Crippen LogP contribution is 2.36. The van der Waals surface area contributed by atoms with E-state index in [1.54, 1.807) is 18.2 Å². The number of carbonyl (C=O) groups excluding carboxylic acids is 1. The van der Waals surface area contributed by atoms with E-state index in [0.717, 1.165) is 5.56 Å². The number of phenolic OH excluding ortho intramolecular Hbond substituents is 3. The van der Waals surface area contributed by atoms with Crippen LogP contribution in [0.5, 0.6) is 23.0 Å². The van der Waals surface area contributed by atoms with E-state index in [4.69, 9.17) is 4.74 Å². The first-order chi connectivity index (χ1) is 11.5. The SMILES string of the molecule is COc1cc(/C=C/C(=O)NCCc2ccccc2O)cc(O)c1O. The molecule has 4 N–H and O–H groups in total. The van der Waals surface area contributed by atoms with Gasteiger partial charge < -0.3 is 25.4 Å². The lowest BCUT2D eigenvalue weighted by Gasteiger charge is -2.06. The first-order valence-corrected chi connectivity index (χ1v) is 7.34. The highest BCUT2D eigenvalue weighted by molar-refractivity contribution is 5.91. The molecule has 0 saturated carbocycles. The summed E-state index contributed by atoms with van der Waals surface area (Å²) < 4.78 is 4.93. The Morgan fingerprint density at radius 2 is 1.92 bits per heavy atom. The van der Waals surface area contributed by atoms with Crippen molar-refractivity contribution in [2.75, 3.05) is 13.7 Å². The van der Waals surface area contributed by atoms with Crippen molar-refractivity contribution in [1.82, 2.24) is 5.32 Å². The summed E-state index contributed by atoms with van der Waals surface area (Å²) in [5.41, 5.74) is 1.27. The number of ether oxygens (including phenoxy) is 1. The Bertz CT molecular complexity index is 755. The van der Waals surface area contributed by atoms with E-state index in [1.165, 1.54) is 31.4 Å². The summed E-state index contributed by atoms with van der Waals surface area (Å²) in [6.45, 7) is 0.380. The van der Waals surface area contributed by atoms with Gasteiger partial charge >= 0.3 is 0 Å². The molecule has 2 aromatic carbocycles. The molecular weight excluding hydrogens is 310 g/mol. The van der Waals surface area contributed by atoms with Crippen LogP contribution >= 0.6 is 0 Å². The largest absolute Gasteiger partial charge is 0.508 e. The molecule has 0 spiro atoms. The third kappa shape index (κ3) is 4.42. The summed E-state index contributed by atoms with van der Waals surface area (Å²) in [6.07, 6.45) is 3.33. The quantitative estimate of drug-likeness (QED) is 0.481. The molecule has 126 valence electrons. The van der Waals surface area contributed by atoms with Crippen LogP contribution in [-0.2, 0) is 11.2 Å². The van der Waals surface area contributed by atoms with E-state index < -0.39 is 0 Å². The zero-order valence-corrected chi connectivity index (χ0v) is 13.2. The Kier molecular flexibility index (Phi) is 5.68. The topological polar surface area (TPSA) is 99.0 Å². The highest BCUT2D eigenvalue weighted by atomic mass is 16.5. The fourth-order valence-corrected chi connectivity index (χ4v) is 2.14. The Balaban J connectivity index is 1.91. The van der Waals surface area contributed by atoms with Crippen LogP contribution in [0.3, 0.4) is 0 Å². The summed E-state index contributed by atoms with van der Waals surface area (Å²) in [5.74, 6) is -0.656. The minimum atomic E-state index is -0.346. The molecule has 0 aliphatic rings. The number of rotatable bonds is 6. The number of phenols is 3. The van der Waals surface area contributed by atoms with Gasteiger partial charge in [0.15, 0.2) is 11.5 Å². The van der Waals surface area contributed by atoms with Gasteiger partial charge in [0.25, 0.3) is 0 Å². The van der Waals surface area contributed by atoms with Crippen LogP contribution in [0.15, 0.2) is 42.5 Å². The molecule has 0 heterocycles. The molecule has 0 radical (unpaired) electrons. The minimum Gasteiger partial charge on any atom is -0.508 e. The Hall–Kier alpha value is -3.15. The predicted molar refractivity (Wildman–Crippen MR) is 90.2 cm³/mol. The molecule has 0 aromatic heterocycles. The van der Waals surface area contributed by atoms with Gasteiger partial charge in [0.1, 0.15) is 5.75 Å². The van der Waals surface area contributed by atoms with Gasteiger partial charge in [-0.3, -0.25) is 4.79 Å². The lowest BCUT2D eigenvalue weighted by Crippen LogP contribution is -2.23. The molecule has 0 aliphatic heterocycles. The van der Waals surface area contributed by atoms with E-state index in [9.17, 15) is 20.1 Å². The number of para-hydroxylation sites is 1. The summed E-state index contributed by atoms with van der Waals surface area (Å²) in [7, 11) is 1.37. The number of nitrogens with one attached hydrogen (secondary N) is 1. The molecule has 6 heteroatoms. The zero-order valence-electron chi connectivity index (χ0n) is 13.2. The molecule has 6 nitrogen and oxygen atoms in total. The fourth-order valence-electron chi connectivity index (χ4n) is 2.14. The molecule has 0 saturated heterocycles. The zero-order chi connectivity index (χ0) is 17.5. The maximum atomic E-state index is 11.8. The first kappa shape index (κ1) is 17.2. The maximum absolute atomic E-state index is 11.8. The van der Waals surface area contributed by atoms with E-state index >= 15 is 0 Å². The van der Waals surface area contributed by atoms with E-state index in [2.05, 4.69) is 5.32 Å². The maximum Gasteiger partial charge on any atom is 0.244 e. The van der Waals surface area contributed by atoms with Gasteiger partial charge in [-0.25, -0.2) is 0 Å². The summed E-state index contributed by atoms with van der Waals surface area (Å²) >= 11 is 0. The van der Waals surface area contributed by atoms with Crippen molar-refractivity contribution in [1.29, 1.82) is 0 Å². The third-order valence-electron chi connectivity index (χ3n) is 3.41. The van der Waals surface area contributed by atoms with Crippen LogP contribution in [0, 0.1) is 0 Å². The third-order valence-corrected chi connectivity index (χ3v) is 3.41. The second-order valence-electron chi connectivity index (χ2n) is 5.09. The van der Waals surface area contributed by atoms with Gasteiger partial charge in [-0.05, 0) is 41.8 Å². The molecule has 0 fully saturated rings. The number of hydrogen-bond acceptors (Lipinski definition) is 5. The van der Waals surface area contributed by atoms with E-state index in [1.807, 2.05) is 6.07 Å². The number of hydrogen-bond donors (Lipinski definition) is 4. The Morgan fingerprint density at radius 1 is 1.17 bits per heavy atom. The smallest absolute Gasteiger partial charge is 0.244 e. The summed E-state index contributed by atoms with van der Waals surface area (Å²) in [5, 5.41) is 31.5. The average molecular weight is 329 g/mol. The second kappa shape index (κ2) is 7.92. The fraction of sp³-hybridized carbons (Fsp3) is 0.167. The first-order valence-electron chi connectivity index (χ1n) is 7.34. The Morgan fingerprint density at radius 3 is 2.62 bits per heavy atom. The van der Waals surface area contributed by atoms with Crippen molar-refractivity contribution >= 4 is 12.0 Å². The number of carbonyl (C=O) groups is 1. The lowest BCUT2D eigenvalue weighted by atomic mass is 10.1. The molecule has 0 unspecified atom stereocenters. The van der Waals surface area contributed by atoms with Crippen molar-refractivity contribution in [2.24, 2.45) is 0 Å². The van der Waals surface area contributed by atoms with Crippen LogP contribution in [0.4, 0.5) is 0 Å². The average Bonchev–Trinajstić information content (AvgIpc) is 2.57. The van der Waals surface area contributed by atoms with Gasteiger partial charge in [0.2, 0.25) is 11.7 Å². The molecule has 24 heavy (non-hydrogen) atoms. The van der Waals surface area contributed by atoms with Crippen molar-refractivity contribution in [2.45, 2.75) is 6.42 Å². The van der Waals surface area contributed by atoms with Gasteiger partial charge in [-0.15, -0.1) is 0 Å². The van der Waals surface area contributed by atoms with Crippen LogP contribution < -0.4 is 10.1 Å². The van der Waals surface area contributed by atoms with Gasteiger partial charge in [-0.2, -0.15) is 0 Å². The highest BCUT2D eigenvalue weighted by Gasteiger charge is 2.08.